The maximum Gasteiger partial charge on any atom is 0.331 e. The third-order valence-corrected chi connectivity index (χ3v) is 4.15. The number of carbonyl (C=O) groups excluding carboxylic acids is 2. The Labute approximate surface area is 153 Å². The van der Waals surface area contributed by atoms with Crippen molar-refractivity contribution in [2.45, 2.75) is 18.9 Å². The number of nitrogens with one attached hydrogen (secondary N) is 1. The first-order chi connectivity index (χ1) is 13.0. The summed E-state index contributed by atoms with van der Waals surface area (Å²) >= 11 is 0. The Kier molecular flexibility index (Phi) is 5.97. The van der Waals surface area contributed by atoms with Gasteiger partial charge in [-0.15, -0.1) is 0 Å². The number of amides is 1. The van der Waals surface area contributed by atoms with Crippen LogP contribution < -0.4 is 0 Å². The lowest BCUT2D eigenvalue weighted by atomic mass is 10.3. The molecule has 2 aromatic rings. The number of likely N-dealkylation sites (tertiary alicyclic amines) is 1. The molecule has 10 heteroatoms. The number of H-pyrrole nitrogens is 1. The number of benzene rings is 1. The van der Waals surface area contributed by atoms with E-state index in [0.717, 1.165) is 0 Å². The van der Waals surface area contributed by atoms with Crippen molar-refractivity contribution in [3.05, 3.63) is 29.8 Å². The van der Waals surface area contributed by atoms with E-state index >= 15 is 0 Å². The van der Waals surface area contributed by atoms with E-state index in [0.29, 0.717) is 16.9 Å². The van der Waals surface area contributed by atoms with Crippen LogP contribution in [0.4, 0.5) is 8.78 Å². The number of hydrogen-bond acceptors (Lipinski definition) is 6. The molecule has 2 atom stereocenters. The van der Waals surface area contributed by atoms with Gasteiger partial charge in [-0.1, -0.05) is 0 Å². The molecule has 1 aromatic heterocycles. The molecule has 146 valence electrons. The van der Waals surface area contributed by atoms with Crippen molar-refractivity contribution in [2.24, 2.45) is 0 Å². The number of carbonyl (C=O) groups is 2. The van der Waals surface area contributed by atoms with Crippen LogP contribution >= 0.6 is 0 Å². The van der Waals surface area contributed by atoms with Gasteiger partial charge in [-0.25, -0.2) is 18.6 Å². The Morgan fingerprint density at radius 3 is 2.93 bits per heavy atom. The standard InChI is InChI=1S/C17H19F2N3O5/c1-25-17(24)9-26-8-16(23)22-5-11(19)14(6-22)27-7-15-20-12-3-2-10(18)4-13(12)21-15/h2-4,11,14H,5-9H2,1H3,(H,20,21). The minimum Gasteiger partial charge on any atom is -0.467 e. The highest BCUT2D eigenvalue weighted by atomic mass is 19.1. The first-order valence-corrected chi connectivity index (χ1v) is 8.28. The Morgan fingerprint density at radius 2 is 2.15 bits per heavy atom. The molecule has 2 heterocycles. The number of rotatable bonds is 7. The first kappa shape index (κ1) is 19.2. The highest BCUT2D eigenvalue weighted by Gasteiger charge is 2.36. The van der Waals surface area contributed by atoms with E-state index in [1.54, 1.807) is 0 Å². The Balaban J connectivity index is 1.49. The molecule has 1 N–H and O–H groups in total. The summed E-state index contributed by atoms with van der Waals surface area (Å²) in [5.41, 5.74) is 1.11. The fourth-order valence-corrected chi connectivity index (χ4v) is 2.76. The van der Waals surface area contributed by atoms with Gasteiger partial charge in [0.25, 0.3) is 0 Å². The molecule has 1 aliphatic rings. The maximum atomic E-state index is 14.1. The van der Waals surface area contributed by atoms with Gasteiger partial charge in [0.2, 0.25) is 5.91 Å². The molecule has 0 saturated carbocycles. The van der Waals surface area contributed by atoms with Gasteiger partial charge in [0.05, 0.1) is 24.7 Å². The zero-order chi connectivity index (χ0) is 19.4. The van der Waals surface area contributed by atoms with E-state index in [1.807, 2.05) is 0 Å². The summed E-state index contributed by atoms with van der Waals surface area (Å²) in [7, 11) is 1.21. The van der Waals surface area contributed by atoms with Gasteiger partial charge < -0.3 is 24.1 Å². The minimum atomic E-state index is -1.35. The summed E-state index contributed by atoms with van der Waals surface area (Å²) in [6.07, 6.45) is -2.16. The van der Waals surface area contributed by atoms with Crippen LogP contribution in [0.3, 0.4) is 0 Å². The van der Waals surface area contributed by atoms with Crippen molar-refractivity contribution < 1.29 is 32.6 Å². The maximum absolute atomic E-state index is 14.1. The number of hydrogen-bond donors (Lipinski definition) is 1. The zero-order valence-corrected chi connectivity index (χ0v) is 14.6. The summed E-state index contributed by atoms with van der Waals surface area (Å²) < 4.78 is 42.2. The van der Waals surface area contributed by atoms with Gasteiger partial charge in [-0.3, -0.25) is 4.79 Å². The third kappa shape index (κ3) is 4.77. The van der Waals surface area contributed by atoms with Crippen LogP contribution in [0.5, 0.6) is 0 Å². The summed E-state index contributed by atoms with van der Waals surface area (Å²) in [5, 5.41) is 0. The number of nitrogens with zero attached hydrogens (tertiary/aromatic N) is 2. The molecule has 0 aliphatic carbocycles. The number of halogens is 2. The van der Waals surface area contributed by atoms with E-state index < -0.39 is 24.2 Å². The molecule has 8 nitrogen and oxygen atoms in total. The van der Waals surface area contributed by atoms with Crippen LogP contribution in [0.2, 0.25) is 0 Å². The van der Waals surface area contributed by atoms with Crippen LogP contribution in [0.1, 0.15) is 5.82 Å². The Morgan fingerprint density at radius 1 is 1.33 bits per heavy atom. The lowest BCUT2D eigenvalue weighted by Crippen LogP contribution is -2.33. The topological polar surface area (TPSA) is 93.8 Å². The summed E-state index contributed by atoms with van der Waals surface area (Å²) in [6.45, 7) is -0.736. The smallest absolute Gasteiger partial charge is 0.331 e. The Bertz CT molecular complexity index is 828. The number of imidazole rings is 1. The highest BCUT2D eigenvalue weighted by Crippen LogP contribution is 2.19. The number of esters is 1. The number of fused-ring (bicyclic) bond motifs is 1. The Hall–Kier alpha value is -2.59. The second kappa shape index (κ2) is 8.40. The van der Waals surface area contributed by atoms with Gasteiger partial charge >= 0.3 is 5.97 Å². The van der Waals surface area contributed by atoms with Crippen LogP contribution in [0, 0.1) is 5.82 Å². The van der Waals surface area contributed by atoms with Gasteiger partial charge in [-0.2, -0.15) is 0 Å². The molecule has 1 amide bonds. The molecule has 1 aliphatic heterocycles. The van der Waals surface area contributed by atoms with Crippen LogP contribution in [0.15, 0.2) is 18.2 Å². The zero-order valence-electron chi connectivity index (χ0n) is 14.6. The van der Waals surface area contributed by atoms with Crippen molar-refractivity contribution in [1.82, 2.24) is 14.9 Å². The molecular formula is C17H19F2N3O5. The molecule has 0 bridgehead atoms. The van der Waals surface area contributed by atoms with Gasteiger partial charge in [-0.05, 0) is 18.2 Å². The number of aromatic nitrogens is 2. The number of methoxy groups -OCH3 is 1. The van der Waals surface area contributed by atoms with Gasteiger partial charge in [0.15, 0.2) is 0 Å². The van der Waals surface area contributed by atoms with E-state index in [1.165, 1.54) is 30.2 Å². The minimum absolute atomic E-state index is 0.00224. The molecule has 1 aromatic carbocycles. The lowest BCUT2D eigenvalue weighted by Gasteiger charge is -2.15. The summed E-state index contributed by atoms with van der Waals surface area (Å²) in [6, 6.07) is 4.15. The molecule has 3 rings (SSSR count). The predicted molar refractivity (Wildman–Crippen MR) is 88.9 cm³/mol. The van der Waals surface area contributed by atoms with Crippen LogP contribution in [-0.4, -0.2) is 72.4 Å². The van der Waals surface area contributed by atoms with Crippen molar-refractivity contribution in [1.29, 1.82) is 0 Å². The summed E-state index contributed by atoms with van der Waals surface area (Å²) in [5.74, 6) is -0.984. The van der Waals surface area contributed by atoms with Crippen molar-refractivity contribution in [2.75, 3.05) is 33.4 Å². The predicted octanol–water partition coefficient (Wildman–Crippen LogP) is 0.957. The molecule has 0 radical (unpaired) electrons. The normalized spacial score (nSPS) is 19.6. The molecular weight excluding hydrogens is 364 g/mol. The second-order valence-corrected chi connectivity index (χ2v) is 6.08. The molecule has 2 unspecified atom stereocenters. The average Bonchev–Trinajstić information content (AvgIpc) is 3.22. The van der Waals surface area contributed by atoms with Gasteiger partial charge in [0.1, 0.15) is 43.7 Å². The summed E-state index contributed by atoms with van der Waals surface area (Å²) in [4.78, 5) is 31.4. The van der Waals surface area contributed by atoms with Crippen molar-refractivity contribution in [3.63, 3.8) is 0 Å². The fourth-order valence-electron chi connectivity index (χ4n) is 2.76. The quantitative estimate of drug-likeness (QED) is 0.716. The van der Waals surface area contributed by atoms with E-state index in [-0.39, 0.29) is 38.7 Å². The fraction of sp³-hybridized carbons (Fsp3) is 0.471. The van der Waals surface area contributed by atoms with E-state index in [9.17, 15) is 18.4 Å². The monoisotopic (exact) mass is 383 g/mol. The molecule has 0 spiro atoms. The van der Waals surface area contributed by atoms with Crippen molar-refractivity contribution in [3.8, 4) is 0 Å². The van der Waals surface area contributed by atoms with Crippen molar-refractivity contribution >= 4 is 22.9 Å². The van der Waals surface area contributed by atoms with E-state index in [4.69, 9.17) is 9.47 Å². The van der Waals surface area contributed by atoms with Gasteiger partial charge in [0, 0.05) is 6.54 Å². The number of ether oxygens (including phenoxy) is 3. The SMILES string of the molecule is COC(=O)COCC(=O)N1CC(F)C(OCc2nc3ccc(F)cc3[nH]2)C1. The second-order valence-electron chi connectivity index (χ2n) is 6.08. The highest BCUT2D eigenvalue weighted by molar-refractivity contribution is 5.78. The number of alkyl halides is 1. The molecule has 1 saturated heterocycles. The lowest BCUT2D eigenvalue weighted by molar-refractivity contribution is -0.148. The third-order valence-electron chi connectivity index (χ3n) is 4.15. The number of aromatic amines is 1. The van der Waals surface area contributed by atoms with Crippen LogP contribution in [-0.2, 0) is 30.4 Å². The molecule has 27 heavy (non-hydrogen) atoms. The first-order valence-electron chi connectivity index (χ1n) is 8.28. The average molecular weight is 383 g/mol. The van der Waals surface area contributed by atoms with E-state index in [2.05, 4.69) is 14.7 Å². The largest absolute Gasteiger partial charge is 0.467 e. The van der Waals surface area contributed by atoms with Crippen LogP contribution in [0.25, 0.3) is 11.0 Å². The molecule has 1 fully saturated rings.